The minimum Gasteiger partial charge on any atom is -0.495 e. The van der Waals surface area contributed by atoms with Crippen LogP contribution in [-0.2, 0) is 11.3 Å². The molecule has 2 rings (SSSR count). The zero-order valence-corrected chi connectivity index (χ0v) is 12.3. The monoisotopic (exact) mass is 305 g/mol. The van der Waals surface area contributed by atoms with Crippen molar-refractivity contribution in [2.24, 2.45) is 0 Å². The fourth-order valence-electron chi connectivity index (χ4n) is 1.60. The smallest absolute Gasteiger partial charge is 0.234 e. The van der Waals surface area contributed by atoms with Crippen LogP contribution in [0.3, 0.4) is 0 Å². The topological polar surface area (TPSA) is 81.9 Å². The Balaban J connectivity index is 1.93. The van der Waals surface area contributed by atoms with Crippen molar-refractivity contribution in [2.75, 3.05) is 18.2 Å². The maximum absolute atomic E-state index is 12.0. The molecule has 0 unspecified atom stereocenters. The number of aromatic nitrogens is 4. The summed E-state index contributed by atoms with van der Waals surface area (Å²) in [5, 5.41) is 14.6. The number of methoxy groups -OCH3 is 1. The zero-order chi connectivity index (χ0) is 15.1. The van der Waals surface area contributed by atoms with Crippen LogP contribution in [0.25, 0.3) is 0 Å². The molecule has 21 heavy (non-hydrogen) atoms. The van der Waals surface area contributed by atoms with Crippen molar-refractivity contribution < 1.29 is 9.53 Å². The van der Waals surface area contributed by atoms with Crippen LogP contribution in [0.4, 0.5) is 5.69 Å². The second-order valence-corrected chi connectivity index (χ2v) is 4.91. The van der Waals surface area contributed by atoms with Gasteiger partial charge in [-0.15, -0.1) is 11.7 Å². The van der Waals surface area contributed by atoms with Crippen LogP contribution in [0, 0.1) is 0 Å². The molecule has 110 valence electrons. The van der Waals surface area contributed by atoms with E-state index in [0.717, 1.165) is 0 Å². The van der Waals surface area contributed by atoms with Crippen molar-refractivity contribution in [1.29, 1.82) is 0 Å². The van der Waals surface area contributed by atoms with E-state index in [-0.39, 0.29) is 11.7 Å². The number of rotatable bonds is 7. The highest BCUT2D eigenvalue weighted by molar-refractivity contribution is 7.99. The fraction of sp³-hybridized carbons (Fsp3) is 0.231. The lowest BCUT2D eigenvalue weighted by atomic mass is 10.3. The molecule has 0 saturated carbocycles. The summed E-state index contributed by atoms with van der Waals surface area (Å²) in [6, 6.07) is 7.24. The lowest BCUT2D eigenvalue weighted by molar-refractivity contribution is -0.113. The predicted molar refractivity (Wildman–Crippen MR) is 80.4 cm³/mol. The number of ether oxygens (including phenoxy) is 1. The number of tetrazole rings is 1. The van der Waals surface area contributed by atoms with Crippen molar-refractivity contribution >= 4 is 23.4 Å². The largest absolute Gasteiger partial charge is 0.495 e. The number of hydrogen-bond acceptors (Lipinski definition) is 6. The van der Waals surface area contributed by atoms with E-state index in [1.54, 1.807) is 30.0 Å². The Bertz CT molecular complexity index is 629. The Morgan fingerprint density at radius 2 is 2.33 bits per heavy atom. The average Bonchev–Trinajstić information content (AvgIpc) is 2.93. The number of para-hydroxylation sites is 2. The first-order valence-corrected chi connectivity index (χ1v) is 7.16. The van der Waals surface area contributed by atoms with E-state index in [0.29, 0.717) is 23.1 Å². The van der Waals surface area contributed by atoms with Crippen molar-refractivity contribution in [2.45, 2.75) is 11.7 Å². The highest BCUT2D eigenvalue weighted by Crippen LogP contribution is 2.23. The molecule has 1 aromatic heterocycles. The van der Waals surface area contributed by atoms with Crippen molar-refractivity contribution in [3.63, 3.8) is 0 Å². The molecule has 1 amide bonds. The van der Waals surface area contributed by atoms with Gasteiger partial charge < -0.3 is 10.1 Å². The molecule has 0 bridgehead atoms. The average molecular weight is 305 g/mol. The van der Waals surface area contributed by atoms with Crippen LogP contribution in [0.5, 0.6) is 5.75 Å². The number of nitrogens with one attached hydrogen (secondary N) is 1. The van der Waals surface area contributed by atoms with E-state index < -0.39 is 0 Å². The van der Waals surface area contributed by atoms with Crippen LogP contribution in [0.1, 0.15) is 0 Å². The molecule has 0 spiro atoms. The van der Waals surface area contributed by atoms with E-state index in [9.17, 15) is 4.79 Å². The minimum absolute atomic E-state index is 0.155. The quantitative estimate of drug-likeness (QED) is 0.618. The van der Waals surface area contributed by atoms with Gasteiger partial charge in [-0.2, -0.15) is 0 Å². The Labute approximate surface area is 126 Å². The Morgan fingerprint density at radius 1 is 1.52 bits per heavy atom. The number of anilines is 1. The van der Waals surface area contributed by atoms with Crippen LogP contribution < -0.4 is 10.1 Å². The molecule has 0 saturated heterocycles. The highest BCUT2D eigenvalue weighted by atomic mass is 32.2. The molecule has 8 heteroatoms. The fourth-order valence-corrected chi connectivity index (χ4v) is 2.29. The maximum Gasteiger partial charge on any atom is 0.234 e. The van der Waals surface area contributed by atoms with Gasteiger partial charge in [-0.05, 0) is 22.6 Å². The van der Waals surface area contributed by atoms with Gasteiger partial charge in [-0.1, -0.05) is 30.0 Å². The normalized spacial score (nSPS) is 10.1. The van der Waals surface area contributed by atoms with Gasteiger partial charge in [0.15, 0.2) is 0 Å². The first-order valence-electron chi connectivity index (χ1n) is 6.17. The van der Waals surface area contributed by atoms with E-state index in [1.807, 2.05) is 12.1 Å². The van der Waals surface area contributed by atoms with E-state index in [1.165, 1.54) is 11.8 Å². The third kappa shape index (κ3) is 4.06. The van der Waals surface area contributed by atoms with Crippen LogP contribution in [-0.4, -0.2) is 39.0 Å². The van der Waals surface area contributed by atoms with E-state index in [4.69, 9.17) is 4.74 Å². The van der Waals surface area contributed by atoms with E-state index in [2.05, 4.69) is 27.4 Å². The number of nitrogens with zero attached hydrogens (tertiary/aromatic N) is 4. The summed E-state index contributed by atoms with van der Waals surface area (Å²) in [4.78, 5) is 12.0. The minimum atomic E-state index is -0.155. The Morgan fingerprint density at radius 3 is 3.10 bits per heavy atom. The summed E-state index contributed by atoms with van der Waals surface area (Å²) in [5.74, 6) is 0.667. The van der Waals surface area contributed by atoms with Crippen molar-refractivity contribution in [3.05, 3.63) is 36.9 Å². The van der Waals surface area contributed by atoms with Crippen LogP contribution >= 0.6 is 11.8 Å². The lowest BCUT2D eigenvalue weighted by Crippen LogP contribution is -2.15. The molecule has 1 aromatic carbocycles. The maximum atomic E-state index is 12.0. The number of allylic oxidation sites excluding steroid dienone is 1. The number of carbonyl (C=O) groups is 1. The third-order valence-corrected chi connectivity index (χ3v) is 3.47. The second-order valence-electron chi connectivity index (χ2n) is 3.97. The molecule has 0 aliphatic rings. The van der Waals surface area contributed by atoms with Gasteiger partial charge in [0.2, 0.25) is 11.1 Å². The SMILES string of the molecule is C=CCn1nnnc1SCC(=O)Nc1ccccc1OC. The molecule has 0 radical (unpaired) electrons. The lowest BCUT2D eigenvalue weighted by Gasteiger charge is -2.09. The van der Waals surface area contributed by atoms with Gasteiger partial charge in [0.05, 0.1) is 25.1 Å². The van der Waals surface area contributed by atoms with Gasteiger partial charge in [0.1, 0.15) is 5.75 Å². The first kappa shape index (κ1) is 15.0. The summed E-state index contributed by atoms with van der Waals surface area (Å²) in [5.41, 5.74) is 0.635. The third-order valence-electron chi connectivity index (χ3n) is 2.51. The number of hydrogen-bond donors (Lipinski definition) is 1. The van der Waals surface area contributed by atoms with Gasteiger partial charge in [-0.25, -0.2) is 4.68 Å². The summed E-state index contributed by atoms with van der Waals surface area (Å²) < 4.78 is 6.76. The van der Waals surface area contributed by atoms with Crippen LogP contribution in [0.2, 0.25) is 0 Å². The Hall–Kier alpha value is -2.35. The molecule has 0 fully saturated rings. The van der Waals surface area contributed by atoms with Crippen molar-refractivity contribution in [1.82, 2.24) is 20.2 Å². The summed E-state index contributed by atoms with van der Waals surface area (Å²) in [6.07, 6.45) is 1.69. The molecule has 7 nitrogen and oxygen atoms in total. The Kier molecular flexibility index (Phi) is 5.33. The molecule has 1 N–H and O–H groups in total. The number of thioether (sulfide) groups is 1. The summed E-state index contributed by atoms with van der Waals surface area (Å²) >= 11 is 1.26. The summed E-state index contributed by atoms with van der Waals surface area (Å²) in [6.45, 7) is 4.13. The first-order chi connectivity index (χ1) is 10.2. The molecular weight excluding hydrogens is 290 g/mol. The van der Waals surface area contributed by atoms with Gasteiger partial charge >= 0.3 is 0 Å². The van der Waals surface area contributed by atoms with Crippen LogP contribution in [0.15, 0.2) is 42.1 Å². The molecule has 2 aromatic rings. The summed E-state index contributed by atoms with van der Waals surface area (Å²) in [7, 11) is 1.56. The molecular formula is C13H15N5O2S. The molecule has 1 heterocycles. The number of carbonyl (C=O) groups excluding carboxylic acids is 1. The number of benzene rings is 1. The van der Waals surface area contributed by atoms with Gasteiger partial charge in [0.25, 0.3) is 0 Å². The zero-order valence-electron chi connectivity index (χ0n) is 11.5. The predicted octanol–water partition coefficient (Wildman–Crippen LogP) is 1.60. The van der Waals surface area contributed by atoms with Gasteiger partial charge in [-0.3, -0.25) is 4.79 Å². The standard InChI is InChI=1S/C13H15N5O2S/c1-3-8-18-13(15-16-17-18)21-9-12(19)14-10-6-4-5-7-11(10)20-2/h3-7H,1,8-9H2,2H3,(H,14,19). The highest BCUT2D eigenvalue weighted by Gasteiger charge is 2.11. The van der Waals surface area contributed by atoms with Crippen molar-refractivity contribution in [3.8, 4) is 5.75 Å². The molecule has 0 atom stereocenters. The van der Waals surface area contributed by atoms with E-state index >= 15 is 0 Å². The second kappa shape index (κ2) is 7.44. The molecule has 0 aliphatic carbocycles. The number of amides is 1. The molecule has 0 aliphatic heterocycles. The van der Waals surface area contributed by atoms with Gasteiger partial charge in [0, 0.05) is 0 Å².